The smallest absolute Gasteiger partial charge is 0.252 e. The van der Waals surface area contributed by atoms with Crippen molar-refractivity contribution in [1.29, 1.82) is 5.41 Å². The van der Waals surface area contributed by atoms with Gasteiger partial charge in [-0.3, -0.25) is 19.4 Å². The lowest BCUT2D eigenvalue weighted by atomic mass is 10.1. The molecule has 3 aromatic rings. The molecule has 11 heteroatoms. The number of allylic oxidation sites excluding steroid dienone is 1. The average molecular weight is 561 g/mol. The van der Waals surface area contributed by atoms with Gasteiger partial charge >= 0.3 is 0 Å². The maximum atomic E-state index is 12.4. The van der Waals surface area contributed by atoms with Crippen LogP contribution in [0.2, 0.25) is 0 Å². The summed E-state index contributed by atoms with van der Waals surface area (Å²) in [4.78, 5) is 42.0. The van der Waals surface area contributed by atoms with Gasteiger partial charge < -0.3 is 32.2 Å². The molecule has 7 N–H and O–H groups in total. The number of hydrogen-bond acceptors (Lipinski definition) is 8. The van der Waals surface area contributed by atoms with Crippen LogP contribution < -0.4 is 21.7 Å². The topological polar surface area (TPSA) is 170 Å². The SMILES string of the molecule is CNC(=O)c1ccccc1Sc1ccc(C(=N)/C=C/c2ccccn2)c(NCCC(=O)NC(C(N)=O)C(C)O)c1. The predicted octanol–water partition coefficient (Wildman–Crippen LogP) is 2.83. The van der Waals surface area contributed by atoms with Crippen LogP contribution in [0, 0.1) is 5.41 Å². The summed E-state index contributed by atoms with van der Waals surface area (Å²) in [5, 5.41) is 26.6. The van der Waals surface area contributed by atoms with E-state index in [1.807, 2.05) is 42.5 Å². The number of rotatable bonds is 13. The average Bonchev–Trinajstić information content (AvgIpc) is 2.95. The Morgan fingerprint density at radius 2 is 1.85 bits per heavy atom. The van der Waals surface area contributed by atoms with Gasteiger partial charge in [0.25, 0.3) is 5.91 Å². The van der Waals surface area contributed by atoms with Crippen molar-refractivity contribution in [3.63, 3.8) is 0 Å². The number of carbonyl (C=O) groups is 3. The van der Waals surface area contributed by atoms with Crippen LogP contribution in [0.4, 0.5) is 5.69 Å². The fourth-order valence-corrected chi connectivity index (χ4v) is 4.68. The zero-order chi connectivity index (χ0) is 29.1. The Hall–Kier alpha value is -4.48. The van der Waals surface area contributed by atoms with Crippen LogP contribution in [0.25, 0.3) is 6.08 Å². The van der Waals surface area contributed by atoms with E-state index in [1.165, 1.54) is 18.7 Å². The van der Waals surface area contributed by atoms with E-state index >= 15 is 0 Å². The Kier molecular flexibility index (Phi) is 11.0. The van der Waals surface area contributed by atoms with E-state index in [1.54, 1.807) is 43.6 Å². The molecule has 0 saturated carbocycles. The van der Waals surface area contributed by atoms with E-state index in [-0.39, 0.29) is 24.6 Å². The zero-order valence-electron chi connectivity index (χ0n) is 22.2. The van der Waals surface area contributed by atoms with Crippen LogP contribution in [0.5, 0.6) is 0 Å². The molecular formula is C29H32N6O4S. The zero-order valence-corrected chi connectivity index (χ0v) is 23.0. The summed E-state index contributed by atoms with van der Waals surface area (Å²) < 4.78 is 0. The third-order valence-corrected chi connectivity index (χ3v) is 6.81. The van der Waals surface area contributed by atoms with Crippen molar-refractivity contribution in [2.45, 2.75) is 35.3 Å². The molecule has 0 radical (unpaired) electrons. The molecule has 0 aliphatic heterocycles. The van der Waals surface area contributed by atoms with Crippen molar-refractivity contribution in [2.75, 3.05) is 18.9 Å². The first-order valence-electron chi connectivity index (χ1n) is 12.5. The number of nitrogens with one attached hydrogen (secondary N) is 4. The van der Waals surface area contributed by atoms with Crippen LogP contribution >= 0.6 is 11.8 Å². The third kappa shape index (κ3) is 8.52. The number of primary amides is 1. The van der Waals surface area contributed by atoms with Gasteiger partial charge in [-0.15, -0.1) is 0 Å². The van der Waals surface area contributed by atoms with Crippen molar-refractivity contribution in [2.24, 2.45) is 5.73 Å². The third-order valence-electron chi connectivity index (χ3n) is 5.75. The van der Waals surface area contributed by atoms with E-state index < -0.39 is 24.0 Å². The normalized spacial score (nSPS) is 12.4. The lowest BCUT2D eigenvalue weighted by Crippen LogP contribution is -2.50. The Bertz CT molecular complexity index is 1390. The molecule has 2 unspecified atom stereocenters. The summed E-state index contributed by atoms with van der Waals surface area (Å²) in [5.41, 5.74) is 7.93. The summed E-state index contributed by atoms with van der Waals surface area (Å²) in [6.07, 6.45) is 3.91. The minimum Gasteiger partial charge on any atom is -0.391 e. The van der Waals surface area contributed by atoms with Gasteiger partial charge in [0, 0.05) is 47.3 Å². The molecule has 2 atom stereocenters. The van der Waals surface area contributed by atoms with Crippen LogP contribution in [-0.4, -0.2) is 59.3 Å². The van der Waals surface area contributed by atoms with Gasteiger partial charge in [0.05, 0.1) is 23.1 Å². The maximum Gasteiger partial charge on any atom is 0.252 e. The lowest BCUT2D eigenvalue weighted by Gasteiger charge is -2.18. The Balaban J connectivity index is 1.83. The highest BCUT2D eigenvalue weighted by molar-refractivity contribution is 7.99. The highest BCUT2D eigenvalue weighted by Gasteiger charge is 2.23. The van der Waals surface area contributed by atoms with Crippen LogP contribution in [-0.2, 0) is 9.59 Å². The number of amides is 3. The molecule has 40 heavy (non-hydrogen) atoms. The molecule has 0 aliphatic rings. The summed E-state index contributed by atoms with van der Waals surface area (Å²) in [6, 6.07) is 17.1. The van der Waals surface area contributed by atoms with Gasteiger partial charge in [0.2, 0.25) is 11.8 Å². The summed E-state index contributed by atoms with van der Waals surface area (Å²) >= 11 is 1.40. The van der Waals surface area contributed by atoms with Gasteiger partial charge in [-0.2, -0.15) is 0 Å². The van der Waals surface area contributed by atoms with Crippen molar-refractivity contribution < 1.29 is 19.5 Å². The second-order valence-corrected chi connectivity index (χ2v) is 9.87. The van der Waals surface area contributed by atoms with E-state index in [4.69, 9.17) is 11.1 Å². The fraction of sp³-hybridized carbons (Fsp3) is 0.207. The molecule has 208 valence electrons. The van der Waals surface area contributed by atoms with Crippen LogP contribution in [0.15, 0.2) is 82.7 Å². The van der Waals surface area contributed by atoms with Crippen LogP contribution in [0.1, 0.15) is 35.0 Å². The van der Waals surface area contributed by atoms with Crippen molar-refractivity contribution in [3.8, 4) is 0 Å². The second kappa shape index (κ2) is 14.6. The molecule has 1 aromatic heterocycles. The number of aromatic nitrogens is 1. The van der Waals surface area contributed by atoms with Crippen molar-refractivity contribution >= 4 is 47.0 Å². The number of aliphatic hydroxyl groups excluding tert-OH is 1. The van der Waals surface area contributed by atoms with Crippen molar-refractivity contribution in [1.82, 2.24) is 15.6 Å². The van der Waals surface area contributed by atoms with E-state index in [9.17, 15) is 19.5 Å². The number of nitrogens with zero attached hydrogens (tertiary/aromatic N) is 1. The predicted molar refractivity (Wildman–Crippen MR) is 156 cm³/mol. The first kappa shape index (κ1) is 30.1. The van der Waals surface area contributed by atoms with E-state index in [2.05, 4.69) is 20.9 Å². The molecule has 3 rings (SSSR count). The van der Waals surface area contributed by atoms with Crippen LogP contribution in [0.3, 0.4) is 0 Å². The molecule has 10 nitrogen and oxygen atoms in total. The lowest BCUT2D eigenvalue weighted by molar-refractivity contribution is -0.129. The number of benzene rings is 2. The summed E-state index contributed by atoms with van der Waals surface area (Å²) in [6.45, 7) is 1.56. The standard InChI is InChI=1S/C29H32N6O4S/c1-18(36)27(28(31)38)35-26(37)14-16-34-24-17-20(40-25-9-4-3-8-22(25)29(39)32-2)11-12-21(24)23(30)13-10-19-7-5-6-15-33-19/h3-13,15,17-18,27,30,34,36H,14,16H2,1-2H3,(H2,31,38)(H,32,39)(H,35,37)/b13-10+,30-23?. The second-order valence-electron chi connectivity index (χ2n) is 8.75. The fourth-order valence-electron chi connectivity index (χ4n) is 3.69. The molecular weight excluding hydrogens is 528 g/mol. The first-order valence-corrected chi connectivity index (χ1v) is 13.3. The summed E-state index contributed by atoms with van der Waals surface area (Å²) in [7, 11) is 1.58. The Morgan fingerprint density at radius 3 is 2.52 bits per heavy atom. The molecule has 0 fully saturated rings. The number of nitrogens with two attached hydrogens (primary N) is 1. The monoisotopic (exact) mass is 560 g/mol. The highest BCUT2D eigenvalue weighted by atomic mass is 32.2. The van der Waals surface area contributed by atoms with Gasteiger partial charge in [-0.25, -0.2) is 0 Å². The maximum absolute atomic E-state index is 12.4. The van der Waals surface area contributed by atoms with Gasteiger partial charge in [0.1, 0.15) is 6.04 Å². The molecule has 0 aliphatic carbocycles. The molecule has 0 spiro atoms. The molecule has 0 saturated heterocycles. The minimum atomic E-state index is -1.19. The minimum absolute atomic E-state index is 0.01000. The van der Waals surface area contributed by atoms with E-state index in [0.717, 1.165) is 9.79 Å². The Labute approximate surface area is 237 Å². The first-order chi connectivity index (χ1) is 19.2. The molecule has 2 aromatic carbocycles. The molecule has 3 amide bonds. The van der Waals surface area contributed by atoms with Gasteiger partial charge in [-0.1, -0.05) is 30.0 Å². The highest BCUT2D eigenvalue weighted by Crippen LogP contribution is 2.33. The number of carbonyl (C=O) groups excluding carboxylic acids is 3. The number of anilines is 1. The van der Waals surface area contributed by atoms with E-state index in [0.29, 0.717) is 22.5 Å². The van der Waals surface area contributed by atoms with Gasteiger partial charge in [0.15, 0.2) is 0 Å². The number of aliphatic hydroxyl groups is 1. The van der Waals surface area contributed by atoms with Crippen molar-refractivity contribution in [3.05, 3.63) is 89.8 Å². The summed E-state index contributed by atoms with van der Waals surface area (Å²) in [5.74, 6) is -1.49. The van der Waals surface area contributed by atoms with Gasteiger partial charge in [-0.05, 0) is 61.5 Å². The molecule has 1 heterocycles. The number of hydrogen-bond donors (Lipinski definition) is 6. The largest absolute Gasteiger partial charge is 0.391 e. The number of pyridine rings is 1. The Morgan fingerprint density at radius 1 is 1.10 bits per heavy atom. The quantitative estimate of drug-likeness (QED) is 0.175. The molecule has 0 bridgehead atoms.